The highest BCUT2D eigenvalue weighted by molar-refractivity contribution is 5.47. The smallest absolute Gasteiger partial charge is 0.174 e. The fraction of sp³-hybridized carbons (Fsp3) is 0.448. The van der Waals surface area contributed by atoms with E-state index in [4.69, 9.17) is 4.74 Å². The average Bonchev–Trinajstić information content (AvgIpc) is 2.83. The molecule has 4 atom stereocenters. The molecule has 174 valence electrons. The molecule has 2 aliphatic rings. The first-order valence-electron chi connectivity index (χ1n) is 11.9. The van der Waals surface area contributed by atoms with Gasteiger partial charge in [-0.05, 0) is 92.4 Å². The van der Waals surface area contributed by atoms with Crippen LogP contribution < -0.4 is 4.74 Å². The van der Waals surface area contributed by atoms with Crippen LogP contribution in [0.5, 0.6) is 5.75 Å². The zero-order valence-corrected chi connectivity index (χ0v) is 19.2. The van der Waals surface area contributed by atoms with E-state index in [9.17, 15) is 8.78 Å². The van der Waals surface area contributed by atoms with Crippen molar-refractivity contribution in [1.29, 1.82) is 0 Å². The van der Waals surface area contributed by atoms with Crippen LogP contribution in [0.3, 0.4) is 0 Å². The Morgan fingerprint density at radius 3 is 2.42 bits per heavy atom. The summed E-state index contributed by atoms with van der Waals surface area (Å²) in [4.78, 5) is 0. The van der Waals surface area contributed by atoms with E-state index in [-0.39, 0.29) is 17.0 Å². The van der Waals surface area contributed by atoms with Crippen molar-refractivity contribution < 1.29 is 17.9 Å². The van der Waals surface area contributed by atoms with Crippen LogP contribution in [0.4, 0.5) is 13.2 Å². The van der Waals surface area contributed by atoms with E-state index in [1.165, 1.54) is 51.0 Å². The second kappa shape index (κ2) is 10.5. The van der Waals surface area contributed by atoms with Crippen LogP contribution in [0, 0.1) is 47.0 Å². The van der Waals surface area contributed by atoms with Crippen LogP contribution in [-0.2, 0) is 0 Å². The molecule has 0 aromatic heterocycles. The molecule has 2 aromatic carbocycles. The van der Waals surface area contributed by atoms with Crippen LogP contribution in [0.1, 0.15) is 74.0 Å². The van der Waals surface area contributed by atoms with Crippen molar-refractivity contribution in [2.75, 3.05) is 7.11 Å². The summed E-state index contributed by atoms with van der Waals surface area (Å²) >= 11 is 0. The van der Waals surface area contributed by atoms with Gasteiger partial charge in [-0.2, -0.15) is 0 Å². The fourth-order valence-corrected chi connectivity index (χ4v) is 5.72. The first kappa shape index (κ1) is 23.5. The van der Waals surface area contributed by atoms with Gasteiger partial charge in [0.15, 0.2) is 11.6 Å². The Bertz CT molecular complexity index is 1060. The van der Waals surface area contributed by atoms with Crippen molar-refractivity contribution in [3.8, 4) is 17.6 Å². The summed E-state index contributed by atoms with van der Waals surface area (Å²) in [5, 5.41) is 0. The molecule has 2 aromatic rings. The summed E-state index contributed by atoms with van der Waals surface area (Å²) in [5.41, 5.74) is 0.519. The quantitative estimate of drug-likeness (QED) is 0.332. The van der Waals surface area contributed by atoms with E-state index < -0.39 is 17.5 Å². The van der Waals surface area contributed by atoms with Crippen LogP contribution in [0.2, 0.25) is 0 Å². The van der Waals surface area contributed by atoms with E-state index in [1.807, 2.05) is 6.08 Å². The highest BCUT2D eigenvalue weighted by Crippen LogP contribution is 2.48. The third-order valence-corrected chi connectivity index (χ3v) is 7.56. The van der Waals surface area contributed by atoms with E-state index in [0.717, 1.165) is 31.6 Å². The summed E-state index contributed by atoms with van der Waals surface area (Å²) in [6, 6.07) is 7.46. The largest absolute Gasteiger partial charge is 0.497 e. The lowest BCUT2D eigenvalue weighted by Gasteiger charge is -2.42. The molecule has 0 amide bonds. The number of halogens is 3. The third-order valence-electron chi connectivity index (χ3n) is 7.56. The molecule has 0 aliphatic heterocycles. The summed E-state index contributed by atoms with van der Waals surface area (Å²) in [6.45, 7) is 3.83. The van der Waals surface area contributed by atoms with Crippen molar-refractivity contribution in [1.82, 2.24) is 0 Å². The van der Waals surface area contributed by atoms with E-state index >= 15 is 4.39 Å². The minimum atomic E-state index is -0.941. The lowest BCUT2D eigenvalue weighted by atomic mass is 9.63. The van der Waals surface area contributed by atoms with Crippen molar-refractivity contribution in [3.63, 3.8) is 0 Å². The first-order valence-corrected chi connectivity index (χ1v) is 11.9. The van der Waals surface area contributed by atoms with Crippen LogP contribution in [-0.4, -0.2) is 7.11 Å². The lowest BCUT2D eigenvalue weighted by molar-refractivity contribution is 0.114. The summed E-state index contributed by atoms with van der Waals surface area (Å²) in [6.07, 6.45) is 10.9. The molecule has 0 radical (unpaired) electrons. The van der Waals surface area contributed by atoms with Gasteiger partial charge in [0, 0.05) is 6.07 Å². The number of benzene rings is 2. The molecular formula is C29H31F3O. The number of allylic oxidation sites excluding steroid dienone is 1. The lowest BCUT2D eigenvalue weighted by Crippen LogP contribution is -2.30. The highest BCUT2D eigenvalue weighted by atomic mass is 19.2. The summed E-state index contributed by atoms with van der Waals surface area (Å²) < 4.78 is 48.9. The van der Waals surface area contributed by atoms with Gasteiger partial charge in [0.1, 0.15) is 11.6 Å². The number of hydrogen-bond donors (Lipinski definition) is 0. The molecule has 2 saturated carbocycles. The van der Waals surface area contributed by atoms with Gasteiger partial charge in [-0.3, -0.25) is 0 Å². The second-order valence-electron chi connectivity index (χ2n) is 9.50. The topological polar surface area (TPSA) is 9.23 Å². The molecule has 4 heteroatoms. The molecule has 4 rings (SSSR count). The molecule has 0 bridgehead atoms. The normalized spacial score (nSPS) is 24.4. The van der Waals surface area contributed by atoms with Crippen LogP contribution in [0.15, 0.2) is 43.0 Å². The Morgan fingerprint density at radius 1 is 0.939 bits per heavy atom. The zero-order chi connectivity index (χ0) is 23.4. The second-order valence-corrected chi connectivity index (χ2v) is 9.50. The van der Waals surface area contributed by atoms with Crippen LogP contribution in [0.25, 0.3) is 0 Å². The molecule has 0 N–H and O–H groups in total. The Kier molecular flexibility index (Phi) is 7.48. The van der Waals surface area contributed by atoms with Gasteiger partial charge < -0.3 is 4.74 Å². The van der Waals surface area contributed by atoms with Crippen molar-refractivity contribution in [2.45, 2.75) is 57.3 Å². The number of ether oxygens (including phenoxy) is 1. The Morgan fingerprint density at radius 2 is 1.67 bits per heavy atom. The monoisotopic (exact) mass is 452 g/mol. The minimum absolute atomic E-state index is 0.0477. The Labute approximate surface area is 195 Å². The molecule has 2 fully saturated rings. The SMILES string of the molecule is C=CCCC1CCC2CC(c3ccc(C#Cc4ccc(OC)cc4F)c(F)c3F)CCC2C1. The predicted molar refractivity (Wildman–Crippen MR) is 126 cm³/mol. The maximum absolute atomic E-state index is 15.0. The zero-order valence-electron chi connectivity index (χ0n) is 19.2. The fourth-order valence-electron chi connectivity index (χ4n) is 5.72. The van der Waals surface area contributed by atoms with Gasteiger partial charge in [-0.25, -0.2) is 13.2 Å². The highest BCUT2D eigenvalue weighted by Gasteiger charge is 2.36. The van der Waals surface area contributed by atoms with Gasteiger partial charge in [-0.15, -0.1) is 6.58 Å². The molecule has 33 heavy (non-hydrogen) atoms. The molecule has 0 saturated heterocycles. The molecule has 4 unspecified atom stereocenters. The van der Waals surface area contributed by atoms with E-state index in [2.05, 4.69) is 18.4 Å². The van der Waals surface area contributed by atoms with Crippen molar-refractivity contribution >= 4 is 0 Å². The molecular weight excluding hydrogens is 421 g/mol. The molecule has 0 spiro atoms. The van der Waals surface area contributed by atoms with Gasteiger partial charge in [-0.1, -0.05) is 30.4 Å². The average molecular weight is 453 g/mol. The van der Waals surface area contributed by atoms with Gasteiger partial charge in [0.05, 0.1) is 18.2 Å². The van der Waals surface area contributed by atoms with Crippen molar-refractivity contribution in [2.24, 2.45) is 17.8 Å². The maximum Gasteiger partial charge on any atom is 0.174 e. The van der Waals surface area contributed by atoms with Gasteiger partial charge >= 0.3 is 0 Å². The first-order chi connectivity index (χ1) is 16.0. The Balaban J connectivity index is 1.46. The molecule has 1 nitrogen and oxygen atoms in total. The maximum atomic E-state index is 15.0. The van der Waals surface area contributed by atoms with Gasteiger partial charge in [0.2, 0.25) is 0 Å². The van der Waals surface area contributed by atoms with Gasteiger partial charge in [0.25, 0.3) is 0 Å². The third kappa shape index (κ3) is 5.29. The number of hydrogen-bond acceptors (Lipinski definition) is 1. The number of rotatable bonds is 5. The minimum Gasteiger partial charge on any atom is -0.497 e. The van der Waals surface area contributed by atoms with E-state index in [0.29, 0.717) is 23.1 Å². The molecule has 2 aliphatic carbocycles. The molecule has 0 heterocycles. The Hall–Kier alpha value is -2.67. The summed E-state index contributed by atoms with van der Waals surface area (Å²) in [5.74, 6) is 5.41. The van der Waals surface area contributed by atoms with Crippen molar-refractivity contribution in [3.05, 3.63) is 77.1 Å². The number of fused-ring (bicyclic) bond motifs is 1. The van der Waals surface area contributed by atoms with Crippen LogP contribution >= 0.6 is 0 Å². The van der Waals surface area contributed by atoms with E-state index in [1.54, 1.807) is 12.1 Å². The standard InChI is InChI=1S/C29H31F3O/c1-3-4-5-19-6-7-23-17-24(11-10-22(23)16-19)26-15-13-21(28(31)29(26)32)9-8-20-12-14-25(33-2)18-27(20)30/h3,12-15,18-19,22-24H,1,4-7,10-11,16-17H2,2H3. The number of methoxy groups -OCH3 is 1. The summed E-state index contributed by atoms with van der Waals surface area (Å²) in [7, 11) is 1.45. The predicted octanol–water partition coefficient (Wildman–Crippen LogP) is 7.78.